The number of rotatable bonds is 2. The van der Waals surface area contributed by atoms with Crippen LogP contribution in [0, 0.1) is 0 Å². The van der Waals surface area contributed by atoms with Crippen LogP contribution in [-0.2, 0) is 4.74 Å². The number of thioether (sulfide) groups is 1. The first kappa shape index (κ1) is 13.0. The molecule has 0 saturated carbocycles. The smallest absolute Gasteiger partial charge is 0.260 e. The van der Waals surface area contributed by atoms with E-state index in [-0.39, 0.29) is 11.8 Å². The molecule has 1 aromatic carbocycles. The Morgan fingerprint density at radius 3 is 2.84 bits per heavy atom. The van der Waals surface area contributed by atoms with E-state index in [0.717, 1.165) is 19.3 Å². The van der Waals surface area contributed by atoms with Crippen LogP contribution in [0.3, 0.4) is 0 Å². The van der Waals surface area contributed by atoms with Crippen LogP contribution in [0.2, 0.25) is 0 Å². The highest BCUT2D eigenvalue weighted by molar-refractivity contribution is 8.01. The molecule has 0 aliphatic carbocycles. The lowest BCUT2D eigenvalue weighted by molar-refractivity contribution is 0.0447. The molecular formula is C13H12ClNO3S. The highest BCUT2D eigenvalue weighted by Crippen LogP contribution is 2.45. The van der Waals surface area contributed by atoms with Crippen LogP contribution in [0.1, 0.15) is 40.0 Å². The fourth-order valence-electron chi connectivity index (χ4n) is 2.25. The molecule has 6 heteroatoms. The first-order chi connectivity index (χ1) is 9.09. The molecule has 0 radical (unpaired) electrons. The lowest BCUT2D eigenvalue weighted by atomic mass is 10.1. The van der Waals surface area contributed by atoms with Crippen LogP contribution < -0.4 is 5.32 Å². The number of ether oxygens (including phenoxy) is 1. The van der Waals surface area contributed by atoms with Gasteiger partial charge in [0.15, 0.2) is 4.39 Å². The highest BCUT2D eigenvalue weighted by Gasteiger charge is 2.36. The molecule has 0 bridgehead atoms. The largest absolute Gasteiger partial charge is 0.350 e. The van der Waals surface area contributed by atoms with Gasteiger partial charge in [-0.3, -0.25) is 14.9 Å². The SMILES string of the molecule is O=C1NC(=O)c2c(SC3(Cl)CCCCO3)cccc21. The Morgan fingerprint density at radius 1 is 1.26 bits per heavy atom. The molecule has 2 heterocycles. The molecule has 1 aromatic rings. The number of carbonyl (C=O) groups excluding carboxylic acids is 2. The molecule has 3 rings (SSSR count). The molecule has 4 nitrogen and oxygen atoms in total. The topological polar surface area (TPSA) is 55.4 Å². The number of alkyl halides is 1. The molecule has 100 valence electrons. The Hall–Kier alpha value is -1.04. The number of amides is 2. The van der Waals surface area contributed by atoms with Crippen LogP contribution in [0.5, 0.6) is 0 Å². The molecule has 0 aromatic heterocycles. The van der Waals surface area contributed by atoms with Crippen LogP contribution >= 0.6 is 23.4 Å². The van der Waals surface area contributed by atoms with Gasteiger partial charge in [0.05, 0.1) is 11.1 Å². The van der Waals surface area contributed by atoms with Gasteiger partial charge in [0.2, 0.25) is 0 Å². The second kappa shape index (κ2) is 4.81. The van der Waals surface area contributed by atoms with Crippen molar-refractivity contribution >= 4 is 35.2 Å². The van der Waals surface area contributed by atoms with Crippen molar-refractivity contribution in [3.05, 3.63) is 29.3 Å². The normalized spacial score (nSPS) is 26.2. The Morgan fingerprint density at radius 2 is 2.11 bits per heavy atom. The minimum atomic E-state index is -0.834. The average molecular weight is 298 g/mol. The molecule has 1 atom stereocenters. The standard InChI is InChI=1S/C13H12ClNO3S/c14-13(6-1-2-7-18-13)19-9-5-3-4-8-10(9)12(17)15-11(8)16/h3-5H,1-2,6-7H2,(H,15,16,17). The summed E-state index contributed by atoms with van der Waals surface area (Å²) >= 11 is 7.73. The number of halogens is 1. The summed E-state index contributed by atoms with van der Waals surface area (Å²) in [7, 11) is 0. The van der Waals surface area contributed by atoms with E-state index < -0.39 is 4.39 Å². The van der Waals surface area contributed by atoms with E-state index in [1.54, 1.807) is 18.2 Å². The molecule has 2 amide bonds. The van der Waals surface area contributed by atoms with E-state index in [1.165, 1.54) is 11.8 Å². The summed E-state index contributed by atoms with van der Waals surface area (Å²) < 4.78 is 4.77. The quantitative estimate of drug-likeness (QED) is 0.674. The number of benzene rings is 1. The monoisotopic (exact) mass is 297 g/mol. The van der Waals surface area contributed by atoms with Crippen molar-refractivity contribution in [1.29, 1.82) is 0 Å². The number of hydrogen-bond donors (Lipinski definition) is 1. The fraction of sp³-hybridized carbons (Fsp3) is 0.385. The first-order valence-electron chi connectivity index (χ1n) is 6.10. The van der Waals surface area contributed by atoms with Crippen molar-refractivity contribution in [2.75, 3.05) is 6.61 Å². The zero-order valence-electron chi connectivity index (χ0n) is 10.1. The second-order valence-electron chi connectivity index (χ2n) is 4.53. The Labute approximate surface area is 119 Å². The number of fused-ring (bicyclic) bond motifs is 1. The molecule has 1 N–H and O–H groups in total. The summed E-state index contributed by atoms with van der Waals surface area (Å²) in [6.07, 6.45) is 2.72. The van der Waals surface area contributed by atoms with Crippen LogP contribution in [0.15, 0.2) is 23.1 Å². The van der Waals surface area contributed by atoms with Gasteiger partial charge in [-0.05, 0) is 25.0 Å². The molecule has 0 spiro atoms. The van der Waals surface area contributed by atoms with Crippen molar-refractivity contribution in [2.24, 2.45) is 0 Å². The maximum absolute atomic E-state index is 11.8. The Balaban J connectivity index is 1.94. The molecule has 19 heavy (non-hydrogen) atoms. The third-order valence-corrected chi connectivity index (χ3v) is 4.89. The molecule has 1 saturated heterocycles. The maximum Gasteiger partial charge on any atom is 0.260 e. The van der Waals surface area contributed by atoms with Crippen LogP contribution in [-0.4, -0.2) is 22.8 Å². The van der Waals surface area contributed by atoms with E-state index in [2.05, 4.69) is 5.32 Å². The minimum Gasteiger partial charge on any atom is -0.350 e. The fourth-order valence-corrected chi connectivity index (χ4v) is 3.88. The van der Waals surface area contributed by atoms with Crippen LogP contribution in [0.25, 0.3) is 0 Å². The summed E-state index contributed by atoms with van der Waals surface area (Å²) in [5.41, 5.74) is 0.817. The molecule has 2 aliphatic rings. The molecule has 1 fully saturated rings. The number of hydrogen-bond acceptors (Lipinski definition) is 4. The van der Waals surface area contributed by atoms with Crippen molar-refractivity contribution in [1.82, 2.24) is 5.32 Å². The van der Waals surface area contributed by atoms with E-state index in [1.807, 2.05) is 0 Å². The van der Waals surface area contributed by atoms with Gasteiger partial charge >= 0.3 is 0 Å². The lowest BCUT2D eigenvalue weighted by Gasteiger charge is -2.30. The van der Waals surface area contributed by atoms with Gasteiger partial charge in [0.25, 0.3) is 11.8 Å². The van der Waals surface area contributed by atoms with E-state index >= 15 is 0 Å². The second-order valence-corrected chi connectivity index (χ2v) is 6.67. The third-order valence-electron chi connectivity index (χ3n) is 3.17. The van der Waals surface area contributed by atoms with Gasteiger partial charge in [0, 0.05) is 17.9 Å². The highest BCUT2D eigenvalue weighted by atomic mass is 35.5. The van der Waals surface area contributed by atoms with Crippen molar-refractivity contribution in [2.45, 2.75) is 28.6 Å². The lowest BCUT2D eigenvalue weighted by Crippen LogP contribution is -2.26. The number of imide groups is 1. The van der Waals surface area contributed by atoms with Crippen LogP contribution in [0.4, 0.5) is 0 Å². The van der Waals surface area contributed by atoms with E-state index in [0.29, 0.717) is 22.6 Å². The minimum absolute atomic E-state index is 0.351. The predicted molar refractivity (Wildman–Crippen MR) is 72.5 cm³/mol. The van der Waals surface area contributed by atoms with Gasteiger partial charge in [-0.1, -0.05) is 29.4 Å². The summed E-state index contributed by atoms with van der Waals surface area (Å²) in [5, 5.41) is 2.30. The number of nitrogens with one attached hydrogen (secondary N) is 1. The average Bonchev–Trinajstić information content (AvgIpc) is 2.66. The van der Waals surface area contributed by atoms with Gasteiger partial charge in [-0.25, -0.2) is 0 Å². The van der Waals surface area contributed by atoms with Gasteiger partial charge < -0.3 is 4.74 Å². The summed E-state index contributed by atoms with van der Waals surface area (Å²) in [4.78, 5) is 24.1. The first-order valence-corrected chi connectivity index (χ1v) is 7.29. The third kappa shape index (κ3) is 2.38. The molecule has 2 aliphatic heterocycles. The van der Waals surface area contributed by atoms with Gasteiger partial charge in [0.1, 0.15) is 0 Å². The number of carbonyl (C=O) groups is 2. The molecular weight excluding hydrogens is 286 g/mol. The van der Waals surface area contributed by atoms with E-state index in [4.69, 9.17) is 16.3 Å². The Kier molecular flexibility index (Phi) is 3.28. The van der Waals surface area contributed by atoms with Crippen molar-refractivity contribution in [3.63, 3.8) is 0 Å². The zero-order valence-corrected chi connectivity index (χ0v) is 11.6. The predicted octanol–water partition coefficient (Wildman–Crippen LogP) is 2.76. The van der Waals surface area contributed by atoms with Crippen molar-refractivity contribution in [3.8, 4) is 0 Å². The van der Waals surface area contributed by atoms with Gasteiger partial charge in [-0.2, -0.15) is 0 Å². The maximum atomic E-state index is 11.8. The zero-order chi connectivity index (χ0) is 13.5. The molecule has 1 unspecified atom stereocenters. The van der Waals surface area contributed by atoms with Gasteiger partial charge in [-0.15, -0.1) is 0 Å². The summed E-state index contributed by atoms with van der Waals surface area (Å²) in [6, 6.07) is 5.19. The Bertz CT molecular complexity index is 555. The van der Waals surface area contributed by atoms with E-state index in [9.17, 15) is 9.59 Å². The van der Waals surface area contributed by atoms with Crippen molar-refractivity contribution < 1.29 is 14.3 Å². The summed E-state index contributed by atoms with van der Waals surface area (Å²) in [6.45, 7) is 0.622. The summed E-state index contributed by atoms with van der Waals surface area (Å²) in [5.74, 6) is -0.713.